The zero-order chi connectivity index (χ0) is 18.2. The Bertz CT molecular complexity index is 1030. The van der Waals surface area contributed by atoms with E-state index < -0.39 is 0 Å². The van der Waals surface area contributed by atoms with Crippen LogP contribution in [0.5, 0.6) is 0 Å². The van der Waals surface area contributed by atoms with Crippen molar-refractivity contribution < 1.29 is 4.74 Å². The zero-order valence-electron chi connectivity index (χ0n) is 15.2. The first-order chi connectivity index (χ1) is 13.3. The molecule has 1 unspecified atom stereocenters. The molecule has 27 heavy (non-hydrogen) atoms. The Labute approximate surface area is 161 Å². The Kier molecular flexibility index (Phi) is 4.26. The summed E-state index contributed by atoms with van der Waals surface area (Å²) in [5.41, 5.74) is 4.60. The minimum absolute atomic E-state index is 0.400. The smallest absolute Gasteiger partial charge is 0.212 e. The van der Waals surface area contributed by atoms with Crippen LogP contribution in [0.1, 0.15) is 28.7 Å². The molecule has 1 atom stereocenters. The second-order valence-electron chi connectivity index (χ2n) is 6.93. The van der Waals surface area contributed by atoms with Crippen LogP contribution in [0.3, 0.4) is 0 Å². The fourth-order valence-corrected chi connectivity index (χ4v) is 4.51. The Hall–Kier alpha value is -2.51. The van der Waals surface area contributed by atoms with Crippen molar-refractivity contribution in [3.8, 4) is 11.3 Å². The van der Waals surface area contributed by atoms with E-state index in [4.69, 9.17) is 14.7 Å². The number of hydrogen-bond acceptors (Lipinski definition) is 5. The average molecular weight is 379 g/mol. The highest BCUT2D eigenvalue weighted by atomic mass is 32.1. The third kappa shape index (κ3) is 3.17. The van der Waals surface area contributed by atoms with Crippen LogP contribution in [0.15, 0.2) is 42.9 Å². The first-order valence-electron chi connectivity index (χ1n) is 9.28. The molecule has 4 aromatic rings. The van der Waals surface area contributed by atoms with Gasteiger partial charge >= 0.3 is 0 Å². The van der Waals surface area contributed by atoms with E-state index in [2.05, 4.69) is 33.9 Å². The largest absolute Gasteiger partial charge is 0.381 e. The minimum atomic E-state index is 0.400. The summed E-state index contributed by atoms with van der Waals surface area (Å²) in [6.07, 6.45) is 5.91. The molecule has 6 nitrogen and oxygen atoms in total. The van der Waals surface area contributed by atoms with Crippen LogP contribution in [0.4, 0.5) is 0 Å². The van der Waals surface area contributed by atoms with Crippen LogP contribution >= 0.6 is 11.3 Å². The molecule has 7 heteroatoms. The molecular formula is C20H21N5OS. The van der Waals surface area contributed by atoms with Crippen molar-refractivity contribution in [2.75, 3.05) is 13.2 Å². The normalized spacial score (nSPS) is 17.1. The average Bonchev–Trinajstić information content (AvgIpc) is 3.43. The maximum Gasteiger partial charge on any atom is 0.212 e. The van der Waals surface area contributed by atoms with E-state index in [1.807, 2.05) is 30.0 Å². The van der Waals surface area contributed by atoms with Crippen LogP contribution in [-0.4, -0.2) is 37.4 Å². The van der Waals surface area contributed by atoms with Gasteiger partial charge in [0, 0.05) is 31.1 Å². The summed E-state index contributed by atoms with van der Waals surface area (Å²) in [4.78, 5) is 10.4. The molecule has 0 N–H and O–H groups in total. The van der Waals surface area contributed by atoms with Gasteiger partial charge in [-0.1, -0.05) is 41.7 Å². The van der Waals surface area contributed by atoms with Crippen molar-refractivity contribution >= 4 is 16.3 Å². The molecular weight excluding hydrogens is 358 g/mol. The number of aromatic nitrogens is 5. The molecule has 1 aliphatic heterocycles. The number of aryl methyl sites for hydroxylation is 3. The van der Waals surface area contributed by atoms with Crippen LogP contribution in [0.2, 0.25) is 0 Å². The van der Waals surface area contributed by atoms with Crippen molar-refractivity contribution in [2.24, 2.45) is 0 Å². The number of rotatable bonds is 5. The highest BCUT2D eigenvalue weighted by Crippen LogP contribution is 2.33. The zero-order valence-corrected chi connectivity index (χ0v) is 16.0. The van der Waals surface area contributed by atoms with Gasteiger partial charge in [0.05, 0.1) is 36.2 Å². The van der Waals surface area contributed by atoms with E-state index in [0.29, 0.717) is 5.92 Å². The van der Waals surface area contributed by atoms with Crippen LogP contribution in [-0.2, 0) is 17.7 Å². The standard InChI is InChI=1S/C20H21N5OS/c1-14-23-25-11-17(22-20(25)27-14)7-9-24-13-21-18(15-5-3-2-4-6-15)19(24)16-8-10-26-12-16/h2-6,11,13,16H,7-10,12H2,1H3. The van der Waals surface area contributed by atoms with Gasteiger partial charge in [-0.25, -0.2) is 14.5 Å². The van der Waals surface area contributed by atoms with Crippen LogP contribution in [0.25, 0.3) is 16.2 Å². The lowest BCUT2D eigenvalue weighted by Gasteiger charge is -2.14. The molecule has 0 aliphatic carbocycles. The van der Waals surface area contributed by atoms with Crippen molar-refractivity contribution in [3.05, 3.63) is 59.3 Å². The quantitative estimate of drug-likeness (QED) is 0.530. The SMILES string of the molecule is Cc1nn2cc(CCn3cnc(-c4ccccc4)c3C3CCOC3)nc2s1. The molecule has 1 fully saturated rings. The molecule has 0 saturated carbocycles. The Morgan fingerprint density at radius 3 is 2.93 bits per heavy atom. The molecule has 4 heterocycles. The van der Waals surface area contributed by atoms with Crippen LogP contribution in [0, 0.1) is 6.92 Å². The third-order valence-corrected chi connectivity index (χ3v) is 5.88. The molecule has 0 radical (unpaired) electrons. The summed E-state index contributed by atoms with van der Waals surface area (Å²) in [6, 6.07) is 10.4. The van der Waals surface area contributed by atoms with E-state index in [9.17, 15) is 0 Å². The second kappa shape index (κ2) is 6.90. The fraction of sp³-hybridized carbons (Fsp3) is 0.350. The maximum absolute atomic E-state index is 5.67. The van der Waals surface area contributed by atoms with E-state index in [-0.39, 0.29) is 0 Å². The fourth-order valence-electron chi connectivity index (χ4n) is 3.77. The lowest BCUT2D eigenvalue weighted by molar-refractivity contribution is 0.193. The number of benzene rings is 1. The van der Waals surface area contributed by atoms with E-state index in [1.165, 1.54) is 11.3 Å². The molecule has 0 spiro atoms. The summed E-state index contributed by atoms with van der Waals surface area (Å²) >= 11 is 1.62. The van der Waals surface area contributed by atoms with Gasteiger partial charge in [-0.3, -0.25) is 0 Å². The van der Waals surface area contributed by atoms with Gasteiger partial charge in [-0.15, -0.1) is 0 Å². The van der Waals surface area contributed by atoms with Crippen molar-refractivity contribution in [2.45, 2.75) is 32.2 Å². The van der Waals surface area contributed by atoms with E-state index >= 15 is 0 Å². The highest BCUT2D eigenvalue weighted by molar-refractivity contribution is 7.16. The highest BCUT2D eigenvalue weighted by Gasteiger charge is 2.26. The van der Waals surface area contributed by atoms with Crippen molar-refractivity contribution in [3.63, 3.8) is 0 Å². The minimum Gasteiger partial charge on any atom is -0.381 e. The van der Waals surface area contributed by atoms with E-state index in [1.54, 1.807) is 11.3 Å². The van der Waals surface area contributed by atoms with Crippen molar-refractivity contribution in [1.29, 1.82) is 0 Å². The molecule has 138 valence electrons. The number of fused-ring (bicyclic) bond motifs is 1. The predicted octanol–water partition coefficient (Wildman–Crippen LogP) is 3.71. The van der Waals surface area contributed by atoms with Crippen molar-refractivity contribution in [1.82, 2.24) is 24.1 Å². The summed E-state index contributed by atoms with van der Waals surface area (Å²) < 4.78 is 9.83. The topological polar surface area (TPSA) is 57.2 Å². The Balaban J connectivity index is 1.44. The number of hydrogen-bond donors (Lipinski definition) is 0. The summed E-state index contributed by atoms with van der Waals surface area (Å²) in [5, 5.41) is 5.49. The van der Waals surface area contributed by atoms with Gasteiger partial charge in [0.2, 0.25) is 4.96 Å². The maximum atomic E-state index is 5.67. The first-order valence-corrected chi connectivity index (χ1v) is 10.1. The Morgan fingerprint density at radius 1 is 1.26 bits per heavy atom. The Morgan fingerprint density at radius 2 is 2.15 bits per heavy atom. The van der Waals surface area contributed by atoms with Gasteiger partial charge in [0.15, 0.2) is 0 Å². The molecule has 1 aliphatic rings. The first kappa shape index (κ1) is 16.6. The summed E-state index contributed by atoms with van der Waals surface area (Å²) in [6.45, 7) is 4.46. The molecule has 0 bridgehead atoms. The summed E-state index contributed by atoms with van der Waals surface area (Å²) in [7, 11) is 0. The van der Waals surface area contributed by atoms with Gasteiger partial charge in [0.1, 0.15) is 5.01 Å². The summed E-state index contributed by atoms with van der Waals surface area (Å²) in [5.74, 6) is 0.400. The molecule has 1 aromatic carbocycles. The molecule has 0 amide bonds. The lowest BCUT2D eigenvalue weighted by Crippen LogP contribution is -2.10. The van der Waals surface area contributed by atoms with E-state index in [0.717, 1.165) is 54.0 Å². The van der Waals surface area contributed by atoms with Gasteiger partial charge in [-0.2, -0.15) is 5.10 Å². The molecule has 5 rings (SSSR count). The number of ether oxygens (including phenoxy) is 1. The molecule has 1 saturated heterocycles. The van der Waals surface area contributed by atoms with Crippen LogP contribution < -0.4 is 0 Å². The monoisotopic (exact) mass is 379 g/mol. The third-order valence-electron chi connectivity index (χ3n) is 5.04. The number of imidazole rings is 2. The second-order valence-corrected chi connectivity index (χ2v) is 8.09. The van der Waals surface area contributed by atoms with Gasteiger partial charge in [0.25, 0.3) is 0 Å². The van der Waals surface area contributed by atoms with Gasteiger partial charge in [-0.05, 0) is 13.3 Å². The molecule has 3 aromatic heterocycles. The number of nitrogens with zero attached hydrogens (tertiary/aromatic N) is 5. The lowest BCUT2D eigenvalue weighted by atomic mass is 9.99. The van der Waals surface area contributed by atoms with Gasteiger partial charge < -0.3 is 9.30 Å². The predicted molar refractivity (Wildman–Crippen MR) is 105 cm³/mol.